The summed E-state index contributed by atoms with van der Waals surface area (Å²) in [5, 5.41) is 10.6. The van der Waals surface area contributed by atoms with Crippen molar-refractivity contribution in [1.82, 2.24) is 0 Å². The van der Waals surface area contributed by atoms with Gasteiger partial charge in [-0.05, 0) is 61.0 Å². The van der Waals surface area contributed by atoms with Gasteiger partial charge < -0.3 is 5.11 Å². The minimum Gasteiger partial charge on any atom is -0.389 e. The Hall–Kier alpha value is -4.62. The van der Waals surface area contributed by atoms with Crippen LogP contribution in [0.15, 0.2) is 78.9 Å². The van der Waals surface area contributed by atoms with Crippen molar-refractivity contribution >= 4 is 45.8 Å². The van der Waals surface area contributed by atoms with E-state index in [0.29, 0.717) is 27.7 Å². The molecule has 0 fully saturated rings. The molecular formula is C28H18N2O5. The summed E-state index contributed by atoms with van der Waals surface area (Å²) in [5.74, 6) is -2.13. The monoisotopic (exact) mass is 462 g/mol. The van der Waals surface area contributed by atoms with E-state index in [2.05, 4.69) is 0 Å². The molecule has 0 saturated heterocycles. The van der Waals surface area contributed by atoms with Crippen molar-refractivity contribution in [1.29, 1.82) is 0 Å². The Morgan fingerprint density at radius 2 is 1.00 bits per heavy atom. The Morgan fingerprint density at radius 1 is 0.571 bits per heavy atom. The van der Waals surface area contributed by atoms with E-state index in [-0.39, 0.29) is 22.3 Å². The number of amides is 4. The average molecular weight is 462 g/mol. The van der Waals surface area contributed by atoms with Crippen molar-refractivity contribution in [3.8, 4) is 0 Å². The van der Waals surface area contributed by atoms with Crippen molar-refractivity contribution in [2.45, 2.75) is 13.0 Å². The molecular weight excluding hydrogens is 444 g/mol. The lowest BCUT2D eigenvalue weighted by atomic mass is 9.85. The van der Waals surface area contributed by atoms with Crippen LogP contribution in [-0.2, 0) is 0 Å². The Balaban J connectivity index is 1.54. The Labute approximate surface area is 199 Å². The van der Waals surface area contributed by atoms with Crippen molar-refractivity contribution in [2.75, 3.05) is 9.80 Å². The smallest absolute Gasteiger partial charge is 0.265 e. The van der Waals surface area contributed by atoms with Gasteiger partial charge in [-0.1, -0.05) is 30.3 Å². The fourth-order valence-corrected chi connectivity index (χ4v) is 4.84. The average Bonchev–Trinajstić information content (AvgIpc) is 2.87. The zero-order valence-electron chi connectivity index (χ0n) is 18.6. The number of rotatable bonds is 3. The molecule has 170 valence electrons. The summed E-state index contributed by atoms with van der Waals surface area (Å²) >= 11 is 0. The minimum atomic E-state index is -0.770. The number of imide groups is 2. The van der Waals surface area contributed by atoms with E-state index >= 15 is 0 Å². The molecule has 2 aliphatic heterocycles. The molecule has 7 heteroatoms. The van der Waals surface area contributed by atoms with Gasteiger partial charge in [0.1, 0.15) is 0 Å². The van der Waals surface area contributed by atoms with Crippen molar-refractivity contribution in [2.24, 2.45) is 0 Å². The predicted octanol–water partition coefficient (Wildman–Crippen LogP) is 4.49. The van der Waals surface area contributed by atoms with Crippen LogP contribution < -0.4 is 9.80 Å². The zero-order chi connectivity index (χ0) is 24.4. The number of para-hydroxylation sites is 1. The van der Waals surface area contributed by atoms with Gasteiger partial charge in [-0.2, -0.15) is 0 Å². The standard InChI is InChI=1S/C28H18N2O5/c1-15(31)16-6-5-9-18(14-16)30-27(34)21-12-10-19-23-20(11-13-22(24(21)23)28(30)35)26(33)29(25(19)32)17-7-3-2-4-8-17/h2-15,31H,1H3. The number of aliphatic hydroxyl groups excluding tert-OH is 1. The van der Waals surface area contributed by atoms with E-state index in [0.717, 1.165) is 9.80 Å². The second-order valence-corrected chi connectivity index (χ2v) is 8.57. The first-order valence-electron chi connectivity index (χ1n) is 11.1. The maximum atomic E-state index is 13.5. The number of benzene rings is 4. The Bertz CT molecular complexity index is 1540. The molecule has 4 amide bonds. The van der Waals surface area contributed by atoms with Crippen LogP contribution in [0.3, 0.4) is 0 Å². The van der Waals surface area contributed by atoms with Gasteiger partial charge in [0.2, 0.25) is 0 Å². The topological polar surface area (TPSA) is 95.0 Å². The molecule has 4 aromatic rings. The second-order valence-electron chi connectivity index (χ2n) is 8.57. The summed E-state index contributed by atoms with van der Waals surface area (Å²) in [4.78, 5) is 56.0. The molecule has 0 spiro atoms. The molecule has 1 atom stereocenters. The quantitative estimate of drug-likeness (QED) is 0.453. The predicted molar refractivity (Wildman–Crippen MR) is 130 cm³/mol. The summed E-state index contributed by atoms with van der Waals surface area (Å²) in [5.41, 5.74) is 2.32. The second kappa shape index (κ2) is 7.44. The lowest BCUT2D eigenvalue weighted by Crippen LogP contribution is -2.43. The molecule has 0 bridgehead atoms. The fraction of sp³-hybridized carbons (Fsp3) is 0.0714. The normalized spacial score (nSPS) is 15.7. The van der Waals surface area contributed by atoms with E-state index < -0.39 is 29.7 Å². The first-order chi connectivity index (χ1) is 16.9. The van der Waals surface area contributed by atoms with Gasteiger partial charge in [-0.3, -0.25) is 19.2 Å². The van der Waals surface area contributed by atoms with Crippen LogP contribution in [0.25, 0.3) is 10.8 Å². The third kappa shape index (κ3) is 2.88. The fourth-order valence-electron chi connectivity index (χ4n) is 4.84. The minimum absolute atomic E-state index is 0.233. The van der Waals surface area contributed by atoms with Crippen LogP contribution in [0.4, 0.5) is 11.4 Å². The van der Waals surface area contributed by atoms with Gasteiger partial charge >= 0.3 is 0 Å². The van der Waals surface area contributed by atoms with Crippen molar-refractivity contribution in [3.63, 3.8) is 0 Å². The number of carbonyl (C=O) groups is 4. The van der Waals surface area contributed by atoms with E-state index in [1.54, 1.807) is 61.5 Å². The molecule has 2 aliphatic rings. The largest absolute Gasteiger partial charge is 0.389 e. The number of carbonyl (C=O) groups excluding carboxylic acids is 4. The number of anilines is 2. The highest BCUT2D eigenvalue weighted by Crippen LogP contribution is 2.40. The summed E-state index contributed by atoms with van der Waals surface area (Å²) in [6, 6.07) is 21.4. The van der Waals surface area contributed by atoms with Crippen LogP contribution >= 0.6 is 0 Å². The molecule has 0 radical (unpaired) electrons. The Kier molecular flexibility index (Phi) is 4.46. The van der Waals surface area contributed by atoms with Crippen molar-refractivity contribution in [3.05, 3.63) is 107 Å². The highest BCUT2D eigenvalue weighted by atomic mass is 16.3. The summed E-state index contributed by atoms with van der Waals surface area (Å²) in [6.07, 6.45) is -0.770. The number of aliphatic hydroxyl groups is 1. The van der Waals surface area contributed by atoms with Gasteiger partial charge in [-0.25, -0.2) is 9.80 Å². The molecule has 7 nitrogen and oxygen atoms in total. The first kappa shape index (κ1) is 20.9. The molecule has 0 saturated carbocycles. The molecule has 4 aromatic carbocycles. The molecule has 2 heterocycles. The van der Waals surface area contributed by atoms with Crippen LogP contribution in [0, 0.1) is 0 Å². The van der Waals surface area contributed by atoms with Gasteiger partial charge in [0.25, 0.3) is 23.6 Å². The number of nitrogens with zero attached hydrogens (tertiary/aromatic N) is 2. The van der Waals surface area contributed by atoms with Gasteiger partial charge in [0, 0.05) is 33.0 Å². The first-order valence-corrected chi connectivity index (χ1v) is 11.1. The summed E-state index contributed by atoms with van der Waals surface area (Å²) in [7, 11) is 0. The Morgan fingerprint density at radius 3 is 1.46 bits per heavy atom. The summed E-state index contributed by atoms with van der Waals surface area (Å²) < 4.78 is 0. The van der Waals surface area contributed by atoms with Gasteiger partial charge in [0.05, 0.1) is 17.5 Å². The van der Waals surface area contributed by atoms with E-state index in [1.165, 1.54) is 24.3 Å². The third-order valence-corrected chi connectivity index (χ3v) is 6.52. The number of hydrogen-bond acceptors (Lipinski definition) is 5. The summed E-state index contributed by atoms with van der Waals surface area (Å²) in [6.45, 7) is 1.60. The molecule has 1 unspecified atom stereocenters. The van der Waals surface area contributed by atoms with Gasteiger partial charge in [0.15, 0.2) is 0 Å². The maximum absolute atomic E-state index is 13.5. The highest BCUT2D eigenvalue weighted by molar-refractivity contribution is 6.42. The van der Waals surface area contributed by atoms with Crippen LogP contribution in [0.2, 0.25) is 0 Å². The zero-order valence-corrected chi connectivity index (χ0v) is 18.6. The molecule has 1 N–H and O–H groups in total. The maximum Gasteiger partial charge on any atom is 0.265 e. The van der Waals surface area contributed by atoms with Crippen LogP contribution in [0.1, 0.15) is 60.0 Å². The molecule has 35 heavy (non-hydrogen) atoms. The van der Waals surface area contributed by atoms with Crippen LogP contribution in [0.5, 0.6) is 0 Å². The van der Waals surface area contributed by atoms with Crippen molar-refractivity contribution < 1.29 is 24.3 Å². The SMILES string of the molecule is CC(O)c1cccc(N2C(=O)c3ccc4c5c(ccc(c35)C2=O)C(=O)N(c2ccccc2)C4=O)c1. The van der Waals surface area contributed by atoms with Crippen LogP contribution in [-0.4, -0.2) is 28.7 Å². The van der Waals surface area contributed by atoms with E-state index in [1.807, 2.05) is 0 Å². The third-order valence-electron chi connectivity index (χ3n) is 6.52. The lowest BCUT2D eigenvalue weighted by molar-refractivity contribution is 0.0873. The highest BCUT2D eigenvalue weighted by Gasteiger charge is 2.40. The lowest BCUT2D eigenvalue weighted by Gasteiger charge is -2.32. The molecule has 0 aromatic heterocycles. The molecule has 0 aliphatic carbocycles. The molecule has 6 rings (SSSR count). The number of hydrogen-bond donors (Lipinski definition) is 1. The van der Waals surface area contributed by atoms with E-state index in [4.69, 9.17) is 0 Å². The van der Waals surface area contributed by atoms with Gasteiger partial charge in [-0.15, -0.1) is 0 Å². The van der Waals surface area contributed by atoms with E-state index in [9.17, 15) is 24.3 Å².